The first kappa shape index (κ1) is 27.2. The highest BCUT2D eigenvalue weighted by molar-refractivity contribution is 7.89. The second-order valence-electron chi connectivity index (χ2n) is 8.90. The first-order valence-electron chi connectivity index (χ1n) is 11.8. The van der Waals surface area contributed by atoms with E-state index in [1.54, 1.807) is 48.2 Å². The molecule has 0 N–H and O–H groups in total. The Labute approximate surface area is 231 Å². The van der Waals surface area contributed by atoms with Crippen LogP contribution in [0.3, 0.4) is 0 Å². The quantitative estimate of drug-likeness (QED) is 0.237. The summed E-state index contributed by atoms with van der Waals surface area (Å²) in [7, 11) is -3.90. The van der Waals surface area contributed by atoms with Crippen molar-refractivity contribution in [3.63, 3.8) is 0 Å². The van der Waals surface area contributed by atoms with Gasteiger partial charge < -0.3 is 13.7 Å². The number of hydrogen-bond donors (Lipinski definition) is 0. The standard InChI is InChI=1S/C26H21ClF3N3O4S2/c27-22-8-5-18(14-21(22)26(28,29)30)25(34)32-11-9-19(10-12-32)33-16-31-15-23(33)17-3-6-20(7-4-17)37-39(35,36)24-2-1-13-38-24/h1-8,13-16,19H,9-12H2. The van der Waals surface area contributed by atoms with E-state index in [1.807, 2.05) is 4.57 Å². The maximum atomic E-state index is 13.2. The van der Waals surface area contributed by atoms with Crippen molar-refractivity contribution in [2.75, 3.05) is 13.1 Å². The molecule has 2 aromatic heterocycles. The van der Waals surface area contributed by atoms with Crippen LogP contribution in [-0.2, 0) is 16.3 Å². The number of imidazole rings is 1. The number of alkyl halides is 3. The minimum Gasteiger partial charge on any atom is -0.378 e. The molecule has 4 aromatic rings. The van der Waals surface area contributed by atoms with Crippen molar-refractivity contribution in [2.24, 2.45) is 0 Å². The Balaban J connectivity index is 1.25. The molecule has 0 unspecified atom stereocenters. The molecule has 0 bridgehead atoms. The molecule has 7 nitrogen and oxygen atoms in total. The van der Waals surface area contributed by atoms with Gasteiger partial charge >= 0.3 is 16.3 Å². The number of hydrogen-bond acceptors (Lipinski definition) is 6. The molecule has 1 amide bonds. The molecule has 0 radical (unpaired) electrons. The number of amides is 1. The molecular formula is C26H21ClF3N3O4S2. The van der Waals surface area contributed by atoms with Crippen LogP contribution in [-0.4, -0.2) is 41.9 Å². The number of carbonyl (C=O) groups excluding carboxylic acids is 1. The molecule has 5 rings (SSSR count). The van der Waals surface area contributed by atoms with Gasteiger partial charge in [-0.3, -0.25) is 4.79 Å². The monoisotopic (exact) mass is 595 g/mol. The van der Waals surface area contributed by atoms with E-state index >= 15 is 0 Å². The summed E-state index contributed by atoms with van der Waals surface area (Å²) in [4.78, 5) is 18.7. The number of halogens is 4. The van der Waals surface area contributed by atoms with Crippen molar-refractivity contribution in [3.8, 4) is 17.0 Å². The van der Waals surface area contributed by atoms with Gasteiger partial charge in [0.15, 0.2) is 4.21 Å². The number of likely N-dealkylation sites (tertiary alicyclic amines) is 1. The van der Waals surface area contributed by atoms with Crippen LogP contribution >= 0.6 is 22.9 Å². The van der Waals surface area contributed by atoms with Crippen molar-refractivity contribution in [3.05, 3.63) is 88.7 Å². The fraction of sp³-hybridized carbons (Fsp3) is 0.231. The van der Waals surface area contributed by atoms with E-state index in [0.717, 1.165) is 34.7 Å². The molecule has 13 heteroatoms. The molecule has 0 atom stereocenters. The van der Waals surface area contributed by atoms with Crippen LogP contribution in [0.5, 0.6) is 5.75 Å². The Morgan fingerprint density at radius 1 is 1.08 bits per heavy atom. The normalized spacial score (nSPS) is 14.9. The smallest absolute Gasteiger partial charge is 0.378 e. The van der Waals surface area contributed by atoms with Crippen molar-refractivity contribution in [2.45, 2.75) is 29.3 Å². The van der Waals surface area contributed by atoms with Crippen LogP contribution in [0.15, 0.2) is 76.7 Å². The molecule has 2 aromatic carbocycles. The molecule has 39 heavy (non-hydrogen) atoms. The minimum atomic E-state index is -4.65. The summed E-state index contributed by atoms with van der Waals surface area (Å²) < 4.78 is 71.7. The number of piperidine rings is 1. The van der Waals surface area contributed by atoms with Gasteiger partial charge in [0.1, 0.15) is 5.75 Å². The molecule has 204 valence electrons. The van der Waals surface area contributed by atoms with E-state index in [1.165, 1.54) is 17.0 Å². The lowest BCUT2D eigenvalue weighted by atomic mass is 10.0. The van der Waals surface area contributed by atoms with Crippen LogP contribution in [0, 0.1) is 0 Å². The highest BCUT2D eigenvalue weighted by atomic mass is 35.5. The summed E-state index contributed by atoms with van der Waals surface area (Å²) in [6.45, 7) is 0.719. The lowest BCUT2D eigenvalue weighted by molar-refractivity contribution is -0.137. The third kappa shape index (κ3) is 5.82. The first-order valence-corrected chi connectivity index (χ1v) is 14.5. The third-order valence-corrected chi connectivity index (χ3v) is 9.36. The Kier molecular flexibility index (Phi) is 7.45. The predicted octanol–water partition coefficient (Wildman–Crippen LogP) is 6.53. The van der Waals surface area contributed by atoms with Crippen LogP contribution < -0.4 is 4.18 Å². The lowest BCUT2D eigenvalue weighted by Crippen LogP contribution is -2.39. The third-order valence-electron chi connectivity index (χ3n) is 6.43. The number of rotatable bonds is 6. The Bertz CT molecular complexity index is 1580. The van der Waals surface area contributed by atoms with Crippen LogP contribution in [0.1, 0.15) is 34.8 Å². The van der Waals surface area contributed by atoms with Crippen LogP contribution in [0.4, 0.5) is 13.2 Å². The SMILES string of the molecule is O=C(c1ccc(Cl)c(C(F)(F)F)c1)N1CCC(n2cncc2-c2ccc(OS(=O)(=O)c3cccs3)cc2)CC1. The van der Waals surface area contributed by atoms with Crippen molar-refractivity contribution < 1.29 is 30.6 Å². The molecule has 1 aliphatic rings. The molecule has 0 aliphatic carbocycles. The van der Waals surface area contributed by atoms with Crippen molar-refractivity contribution in [1.82, 2.24) is 14.5 Å². The number of thiophene rings is 1. The van der Waals surface area contributed by atoms with E-state index in [4.69, 9.17) is 15.8 Å². The molecular weight excluding hydrogens is 575 g/mol. The van der Waals surface area contributed by atoms with Crippen LogP contribution in [0.25, 0.3) is 11.3 Å². The average molecular weight is 596 g/mol. The summed E-state index contributed by atoms with van der Waals surface area (Å²) in [6.07, 6.45) is -0.106. The molecule has 1 fully saturated rings. The lowest BCUT2D eigenvalue weighted by Gasteiger charge is -2.33. The second-order valence-corrected chi connectivity index (χ2v) is 12.0. The fourth-order valence-electron chi connectivity index (χ4n) is 4.48. The van der Waals surface area contributed by atoms with Gasteiger partial charge in [0, 0.05) is 30.3 Å². The van der Waals surface area contributed by atoms with Crippen LogP contribution in [0.2, 0.25) is 5.02 Å². The van der Waals surface area contributed by atoms with Gasteiger partial charge in [-0.15, -0.1) is 11.3 Å². The Morgan fingerprint density at radius 3 is 2.44 bits per heavy atom. The van der Waals surface area contributed by atoms with Gasteiger partial charge in [0.25, 0.3) is 5.91 Å². The van der Waals surface area contributed by atoms with Gasteiger partial charge in [0.2, 0.25) is 0 Å². The van der Waals surface area contributed by atoms with Gasteiger partial charge in [-0.05, 0) is 66.8 Å². The Morgan fingerprint density at radius 2 is 1.79 bits per heavy atom. The average Bonchev–Trinajstić information content (AvgIpc) is 3.62. The van der Waals surface area contributed by atoms with Gasteiger partial charge in [-0.2, -0.15) is 21.6 Å². The summed E-state index contributed by atoms with van der Waals surface area (Å²) >= 11 is 6.75. The predicted molar refractivity (Wildman–Crippen MR) is 140 cm³/mol. The highest BCUT2D eigenvalue weighted by Crippen LogP contribution is 2.36. The fourth-order valence-corrected chi connectivity index (χ4v) is 6.58. The maximum absolute atomic E-state index is 13.2. The van der Waals surface area contributed by atoms with E-state index < -0.39 is 32.8 Å². The molecule has 0 saturated carbocycles. The zero-order chi connectivity index (χ0) is 27.8. The molecule has 3 heterocycles. The maximum Gasteiger partial charge on any atom is 0.417 e. The molecule has 1 aliphatic heterocycles. The number of aromatic nitrogens is 2. The van der Waals surface area contributed by atoms with E-state index in [2.05, 4.69) is 4.98 Å². The van der Waals surface area contributed by atoms with Crippen molar-refractivity contribution in [1.29, 1.82) is 0 Å². The van der Waals surface area contributed by atoms with Gasteiger partial charge in [-0.25, -0.2) is 4.98 Å². The summed E-state index contributed by atoms with van der Waals surface area (Å²) in [5, 5.41) is 1.21. The van der Waals surface area contributed by atoms with Gasteiger partial charge in [-0.1, -0.05) is 17.7 Å². The highest BCUT2D eigenvalue weighted by Gasteiger charge is 2.34. The molecule has 0 spiro atoms. The topological polar surface area (TPSA) is 81.5 Å². The largest absolute Gasteiger partial charge is 0.417 e. The zero-order valence-corrected chi connectivity index (χ0v) is 22.5. The van der Waals surface area contributed by atoms with E-state index in [-0.39, 0.29) is 21.6 Å². The zero-order valence-electron chi connectivity index (χ0n) is 20.1. The van der Waals surface area contributed by atoms with E-state index in [9.17, 15) is 26.4 Å². The van der Waals surface area contributed by atoms with E-state index in [0.29, 0.717) is 25.9 Å². The second kappa shape index (κ2) is 10.7. The number of benzene rings is 2. The van der Waals surface area contributed by atoms with Crippen molar-refractivity contribution >= 4 is 39.0 Å². The summed E-state index contributed by atoms with van der Waals surface area (Å²) in [5.41, 5.74) is 0.512. The van der Waals surface area contributed by atoms with Gasteiger partial charge in [0.05, 0.1) is 28.8 Å². The summed E-state index contributed by atoms with van der Waals surface area (Å²) in [6, 6.07) is 12.9. The summed E-state index contributed by atoms with van der Waals surface area (Å²) in [5.74, 6) is -0.296. The Hall–Kier alpha value is -3.35. The number of nitrogens with zero attached hydrogens (tertiary/aromatic N) is 3. The number of carbonyl (C=O) groups is 1. The first-order chi connectivity index (χ1) is 18.5. The minimum absolute atomic E-state index is 0.0117. The molecule has 1 saturated heterocycles.